The molecule has 0 saturated carbocycles. The van der Waals surface area contributed by atoms with Gasteiger partial charge in [0, 0.05) is 0 Å². The minimum Gasteiger partial charge on any atom is -0.490 e. The predicted octanol–water partition coefficient (Wildman–Crippen LogP) is 2.51. The number of aromatic nitrogens is 2. The molecule has 3 aromatic rings. The molecule has 23 heavy (non-hydrogen) atoms. The number of aliphatic hydroxyl groups excluding tert-OH is 1. The van der Waals surface area contributed by atoms with E-state index in [-0.39, 0.29) is 18.7 Å². The van der Waals surface area contributed by atoms with E-state index in [1.165, 1.54) is 22.2 Å². The van der Waals surface area contributed by atoms with Gasteiger partial charge in [0.05, 0.1) is 18.4 Å². The fourth-order valence-corrected chi connectivity index (χ4v) is 3.29. The monoisotopic (exact) mass is 330 g/mol. The summed E-state index contributed by atoms with van der Waals surface area (Å²) in [4.78, 5) is 16.5. The van der Waals surface area contributed by atoms with Crippen LogP contribution in [0.15, 0.2) is 40.8 Å². The third-order valence-corrected chi connectivity index (χ3v) is 4.56. The van der Waals surface area contributed by atoms with Crippen molar-refractivity contribution in [3.63, 3.8) is 0 Å². The molecule has 1 unspecified atom stereocenters. The summed E-state index contributed by atoms with van der Waals surface area (Å²) in [6.45, 7) is 4.22. The van der Waals surface area contributed by atoms with Gasteiger partial charge in [0.25, 0.3) is 5.56 Å². The molecule has 1 atom stereocenters. The molecule has 120 valence electrons. The molecule has 0 aliphatic heterocycles. The van der Waals surface area contributed by atoms with Crippen molar-refractivity contribution in [1.82, 2.24) is 9.55 Å². The molecule has 1 aromatic carbocycles. The molecule has 2 heterocycles. The molecule has 0 aliphatic carbocycles. The molecule has 3 rings (SSSR count). The highest BCUT2D eigenvalue weighted by atomic mass is 32.1. The van der Waals surface area contributed by atoms with Gasteiger partial charge in [0.1, 0.15) is 23.2 Å². The molecule has 0 radical (unpaired) electrons. The summed E-state index contributed by atoms with van der Waals surface area (Å²) in [5.41, 5.74) is 2.61. The summed E-state index contributed by atoms with van der Waals surface area (Å²) in [7, 11) is 0. The zero-order chi connectivity index (χ0) is 16.4. The van der Waals surface area contributed by atoms with Gasteiger partial charge in [-0.3, -0.25) is 9.36 Å². The van der Waals surface area contributed by atoms with E-state index in [1.807, 2.05) is 43.5 Å². The SMILES string of the molecule is Cc1cccc(C)c1OCC(O)Cn1cnc2ccsc2c1=O. The van der Waals surface area contributed by atoms with Gasteiger partial charge in [0.2, 0.25) is 0 Å². The zero-order valence-corrected chi connectivity index (χ0v) is 13.8. The van der Waals surface area contributed by atoms with Crippen molar-refractivity contribution in [2.75, 3.05) is 6.61 Å². The Morgan fingerprint density at radius 2 is 2.04 bits per heavy atom. The maximum Gasteiger partial charge on any atom is 0.271 e. The van der Waals surface area contributed by atoms with Crippen LogP contribution in [0.4, 0.5) is 0 Å². The Morgan fingerprint density at radius 1 is 1.30 bits per heavy atom. The topological polar surface area (TPSA) is 64.3 Å². The first-order valence-corrected chi connectivity index (χ1v) is 8.24. The van der Waals surface area contributed by atoms with E-state index >= 15 is 0 Å². The number of fused-ring (bicyclic) bond motifs is 1. The van der Waals surface area contributed by atoms with Gasteiger partial charge in [-0.25, -0.2) is 4.98 Å². The van der Waals surface area contributed by atoms with E-state index in [1.54, 1.807) is 0 Å². The number of para-hydroxylation sites is 1. The number of aliphatic hydroxyl groups is 1. The highest BCUT2D eigenvalue weighted by Crippen LogP contribution is 2.22. The van der Waals surface area contributed by atoms with Crippen molar-refractivity contribution in [1.29, 1.82) is 0 Å². The minimum atomic E-state index is -0.786. The van der Waals surface area contributed by atoms with Crippen molar-refractivity contribution in [3.8, 4) is 5.75 Å². The maximum absolute atomic E-state index is 12.3. The van der Waals surface area contributed by atoms with Gasteiger partial charge in [0.15, 0.2) is 0 Å². The summed E-state index contributed by atoms with van der Waals surface area (Å²) in [5.74, 6) is 0.783. The Labute approximate surface area is 137 Å². The van der Waals surface area contributed by atoms with Crippen LogP contribution in [0, 0.1) is 13.8 Å². The highest BCUT2D eigenvalue weighted by molar-refractivity contribution is 7.17. The van der Waals surface area contributed by atoms with Crippen LogP contribution >= 0.6 is 11.3 Å². The lowest BCUT2D eigenvalue weighted by Crippen LogP contribution is -2.30. The number of nitrogens with zero attached hydrogens (tertiary/aromatic N) is 2. The van der Waals surface area contributed by atoms with Gasteiger partial charge in [-0.1, -0.05) is 18.2 Å². The van der Waals surface area contributed by atoms with Crippen LogP contribution in [0.25, 0.3) is 10.2 Å². The Balaban J connectivity index is 1.70. The first kappa shape index (κ1) is 15.7. The average molecular weight is 330 g/mol. The van der Waals surface area contributed by atoms with Gasteiger partial charge >= 0.3 is 0 Å². The molecular weight excluding hydrogens is 312 g/mol. The summed E-state index contributed by atoms with van der Waals surface area (Å²) in [6, 6.07) is 7.71. The van der Waals surface area contributed by atoms with Crippen LogP contribution in [0.3, 0.4) is 0 Å². The lowest BCUT2D eigenvalue weighted by molar-refractivity contribution is 0.0908. The first-order valence-electron chi connectivity index (χ1n) is 7.36. The second-order valence-electron chi connectivity index (χ2n) is 5.52. The standard InChI is InChI=1S/C17H18N2O3S/c1-11-4-3-5-12(2)15(11)22-9-13(20)8-19-10-18-14-6-7-23-16(14)17(19)21/h3-7,10,13,20H,8-9H2,1-2H3. The van der Waals surface area contributed by atoms with Gasteiger partial charge in [-0.05, 0) is 36.4 Å². The molecule has 1 N–H and O–H groups in total. The molecule has 0 spiro atoms. The second kappa shape index (κ2) is 6.52. The Hall–Kier alpha value is -2.18. The Kier molecular flexibility index (Phi) is 4.45. The number of hydrogen-bond acceptors (Lipinski definition) is 5. The van der Waals surface area contributed by atoms with Crippen LogP contribution in [0.5, 0.6) is 5.75 Å². The fraction of sp³-hybridized carbons (Fsp3) is 0.294. The van der Waals surface area contributed by atoms with Gasteiger partial charge in [-0.2, -0.15) is 0 Å². The molecule has 0 bridgehead atoms. The van der Waals surface area contributed by atoms with Crippen LogP contribution in [0.2, 0.25) is 0 Å². The molecule has 0 aliphatic rings. The number of aryl methyl sites for hydroxylation is 2. The van der Waals surface area contributed by atoms with Crippen LogP contribution in [0.1, 0.15) is 11.1 Å². The smallest absolute Gasteiger partial charge is 0.271 e. The lowest BCUT2D eigenvalue weighted by Gasteiger charge is -2.16. The van der Waals surface area contributed by atoms with E-state index in [0.717, 1.165) is 16.9 Å². The Morgan fingerprint density at radius 3 is 2.78 bits per heavy atom. The van der Waals surface area contributed by atoms with E-state index < -0.39 is 6.10 Å². The third kappa shape index (κ3) is 3.28. The van der Waals surface area contributed by atoms with E-state index in [0.29, 0.717) is 10.2 Å². The Bertz CT molecular complexity index is 865. The van der Waals surface area contributed by atoms with E-state index in [2.05, 4.69) is 4.98 Å². The number of benzene rings is 1. The van der Waals surface area contributed by atoms with Crippen molar-refractivity contribution in [3.05, 3.63) is 57.5 Å². The lowest BCUT2D eigenvalue weighted by atomic mass is 10.1. The molecule has 0 amide bonds. The summed E-state index contributed by atoms with van der Waals surface area (Å²) in [6.07, 6.45) is 0.686. The maximum atomic E-state index is 12.3. The molecule has 0 fully saturated rings. The van der Waals surface area contributed by atoms with Crippen molar-refractivity contribution in [2.45, 2.75) is 26.5 Å². The third-order valence-electron chi connectivity index (χ3n) is 3.67. The largest absolute Gasteiger partial charge is 0.490 e. The second-order valence-corrected chi connectivity index (χ2v) is 6.44. The zero-order valence-electron chi connectivity index (χ0n) is 13.0. The molecule has 0 saturated heterocycles. The number of ether oxygens (including phenoxy) is 1. The highest BCUT2D eigenvalue weighted by Gasteiger charge is 2.12. The minimum absolute atomic E-state index is 0.126. The summed E-state index contributed by atoms with van der Waals surface area (Å²) in [5, 5.41) is 12.0. The van der Waals surface area contributed by atoms with Crippen molar-refractivity contribution < 1.29 is 9.84 Å². The van der Waals surface area contributed by atoms with Crippen molar-refractivity contribution in [2.24, 2.45) is 0 Å². The normalized spacial score (nSPS) is 12.5. The van der Waals surface area contributed by atoms with E-state index in [9.17, 15) is 9.90 Å². The van der Waals surface area contributed by atoms with Crippen LogP contribution in [-0.4, -0.2) is 27.4 Å². The molecule has 2 aromatic heterocycles. The quantitative estimate of drug-likeness (QED) is 0.781. The molecule has 6 heteroatoms. The molecule has 5 nitrogen and oxygen atoms in total. The first-order chi connectivity index (χ1) is 11.1. The fourth-order valence-electron chi connectivity index (χ4n) is 2.50. The number of thiophene rings is 1. The average Bonchev–Trinajstić information content (AvgIpc) is 2.99. The summed E-state index contributed by atoms with van der Waals surface area (Å²) < 4.78 is 7.77. The van der Waals surface area contributed by atoms with Gasteiger partial charge in [-0.15, -0.1) is 11.3 Å². The van der Waals surface area contributed by atoms with Crippen molar-refractivity contribution >= 4 is 21.6 Å². The number of hydrogen-bond donors (Lipinski definition) is 1. The summed E-state index contributed by atoms with van der Waals surface area (Å²) >= 11 is 1.36. The molecular formula is C17H18N2O3S. The van der Waals surface area contributed by atoms with Gasteiger partial charge < -0.3 is 9.84 Å². The van der Waals surface area contributed by atoms with E-state index in [4.69, 9.17) is 4.74 Å². The number of rotatable bonds is 5. The van der Waals surface area contributed by atoms with Crippen LogP contribution < -0.4 is 10.3 Å². The predicted molar refractivity (Wildman–Crippen MR) is 91.3 cm³/mol. The van der Waals surface area contributed by atoms with Crippen LogP contribution in [-0.2, 0) is 6.54 Å².